The lowest BCUT2D eigenvalue weighted by atomic mass is 10.1. The highest BCUT2D eigenvalue weighted by Crippen LogP contribution is 2.29. The number of ether oxygens (including phenoxy) is 1. The minimum atomic E-state index is -0.569. The molecule has 112 valence electrons. The average molecular weight is 352 g/mol. The normalized spacial score (nSPS) is 15.6. The van der Waals surface area contributed by atoms with Crippen molar-refractivity contribution >= 4 is 15.9 Å². The number of aliphatic hydroxyl groups is 1. The Bertz CT molecular complexity index is 640. The molecule has 0 spiro atoms. The van der Waals surface area contributed by atoms with E-state index >= 15 is 0 Å². The second-order valence-corrected chi connectivity index (χ2v) is 6.20. The van der Waals surface area contributed by atoms with Crippen LogP contribution in [0.15, 0.2) is 22.7 Å². The van der Waals surface area contributed by atoms with Crippen LogP contribution in [-0.4, -0.2) is 19.9 Å². The number of aromatic nitrogens is 3. The Morgan fingerprint density at radius 2 is 2.24 bits per heavy atom. The molecular formula is C15H18BrN3O2. The number of aryl methyl sites for hydroxylation is 1. The summed E-state index contributed by atoms with van der Waals surface area (Å²) in [6.45, 7) is 3.06. The first-order valence-corrected chi connectivity index (χ1v) is 7.95. The second kappa shape index (κ2) is 6.15. The topological polar surface area (TPSA) is 60.2 Å². The lowest BCUT2D eigenvalue weighted by molar-refractivity contribution is 0.189. The van der Waals surface area contributed by atoms with E-state index in [1.807, 2.05) is 18.2 Å². The minimum Gasteiger partial charge on any atom is -0.485 e. The quantitative estimate of drug-likeness (QED) is 0.919. The molecule has 0 saturated heterocycles. The molecule has 0 saturated carbocycles. The summed E-state index contributed by atoms with van der Waals surface area (Å²) in [6.07, 6.45) is 2.76. The van der Waals surface area contributed by atoms with Gasteiger partial charge in [0.2, 0.25) is 0 Å². The number of nitrogens with zero attached hydrogens (tertiary/aromatic N) is 3. The fourth-order valence-corrected chi connectivity index (χ4v) is 2.94. The Labute approximate surface area is 132 Å². The van der Waals surface area contributed by atoms with Gasteiger partial charge in [0, 0.05) is 23.0 Å². The number of fused-ring (bicyclic) bond motifs is 1. The average Bonchev–Trinajstić information content (AvgIpc) is 2.88. The minimum absolute atomic E-state index is 0.364. The van der Waals surface area contributed by atoms with Crippen molar-refractivity contribution in [3.05, 3.63) is 39.9 Å². The van der Waals surface area contributed by atoms with Gasteiger partial charge in [0.1, 0.15) is 18.2 Å². The summed E-state index contributed by atoms with van der Waals surface area (Å²) in [4.78, 5) is 0. The summed E-state index contributed by atoms with van der Waals surface area (Å²) in [7, 11) is 0. The second-order valence-electron chi connectivity index (χ2n) is 5.29. The lowest BCUT2D eigenvalue weighted by Gasteiger charge is -2.16. The van der Waals surface area contributed by atoms with Gasteiger partial charge in [-0.2, -0.15) is 0 Å². The van der Waals surface area contributed by atoms with Crippen molar-refractivity contribution < 1.29 is 9.84 Å². The molecule has 0 radical (unpaired) electrons. The van der Waals surface area contributed by atoms with Crippen LogP contribution in [0.3, 0.4) is 0 Å². The number of benzene rings is 1. The summed E-state index contributed by atoms with van der Waals surface area (Å²) >= 11 is 3.43. The summed E-state index contributed by atoms with van der Waals surface area (Å²) in [6, 6.07) is 5.63. The summed E-state index contributed by atoms with van der Waals surface area (Å²) in [5, 5.41) is 18.3. The van der Waals surface area contributed by atoms with Crippen LogP contribution in [0, 0.1) is 0 Å². The molecule has 1 aromatic carbocycles. The van der Waals surface area contributed by atoms with Crippen molar-refractivity contribution in [2.45, 2.75) is 45.4 Å². The van der Waals surface area contributed by atoms with Crippen molar-refractivity contribution in [2.24, 2.45) is 0 Å². The number of hydrogen-bond acceptors (Lipinski definition) is 4. The Kier molecular flexibility index (Phi) is 4.26. The van der Waals surface area contributed by atoms with E-state index in [2.05, 4.69) is 30.7 Å². The first-order chi connectivity index (χ1) is 10.1. The number of halogens is 1. The third-order valence-electron chi connectivity index (χ3n) is 3.72. The van der Waals surface area contributed by atoms with Gasteiger partial charge in [-0.15, -0.1) is 10.2 Å². The number of rotatable bonds is 4. The molecular weight excluding hydrogens is 334 g/mol. The van der Waals surface area contributed by atoms with Gasteiger partial charge in [0.15, 0.2) is 5.82 Å². The van der Waals surface area contributed by atoms with Gasteiger partial charge in [0.05, 0.1) is 6.10 Å². The van der Waals surface area contributed by atoms with Gasteiger partial charge < -0.3 is 14.4 Å². The highest BCUT2D eigenvalue weighted by molar-refractivity contribution is 9.10. The van der Waals surface area contributed by atoms with Crippen LogP contribution >= 0.6 is 15.9 Å². The van der Waals surface area contributed by atoms with Crippen molar-refractivity contribution in [1.82, 2.24) is 14.8 Å². The predicted octanol–water partition coefficient (Wildman–Crippen LogP) is 3.01. The van der Waals surface area contributed by atoms with Crippen LogP contribution in [0.2, 0.25) is 0 Å². The van der Waals surface area contributed by atoms with Crippen molar-refractivity contribution in [3.8, 4) is 5.75 Å². The molecule has 0 fully saturated rings. The van der Waals surface area contributed by atoms with Crippen molar-refractivity contribution in [1.29, 1.82) is 0 Å². The van der Waals surface area contributed by atoms with E-state index in [0.29, 0.717) is 12.4 Å². The van der Waals surface area contributed by atoms with Gasteiger partial charge in [-0.25, -0.2) is 0 Å². The van der Waals surface area contributed by atoms with E-state index in [1.54, 1.807) is 6.92 Å². The van der Waals surface area contributed by atoms with E-state index < -0.39 is 6.10 Å². The largest absolute Gasteiger partial charge is 0.485 e. The maximum atomic E-state index is 9.82. The SMILES string of the molecule is CC(O)c1ccc(Br)cc1OCc1nnc2n1CCCC2. The van der Waals surface area contributed by atoms with Crippen LogP contribution in [0.25, 0.3) is 0 Å². The molecule has 0 bridgehead atoms. The molecule has 1 unspecified atom stereocenters. The highest BCUT2D eigenvalue weighted by Gasteiger charge is 2.17. The third-order valence-corrected chi connectivity index (χ3v) is 4.21. The molecule has 1 N–H and O–H groups in total. The monoisotopic (exact) mass is 351 g/mol. The zero-order valence-corrected chi connectivity index (χ0v) is 13.5. The molecule has 0 amide bonds. The van der Waals surface area contributed by atoms with Crippen LogP contribution < -0.4 is 4.74 Å². The standard InChI is InChI=1S/C15H18BrN3O2/c1-10(20)12-6-5-11(16)8-13(12)21-9-15-18-17-14-4-2-3-7-19(14)15/h5-6,8,10,20H,2-4,7,9H2,1H3. The van der Waals surface area contributed by atoms with Gasteiger partial charge in [-0.1, -0.05) is 22.0 Å². The lowest BCUT2D eigenvalue weighted by Crippen LogP contribution is -2.14. The predicted molar refractivity (Wildman–Crippen MR) is 82.1 cm³/mol. The first kappa shape index (κ1) is 14.5. The summed E-state index contributed by atoms with van der Waals surface area (Å²) in [5.41, 5.74) is 0.775. The van der Waals surface area contributed by atoms with E-state index in [9.17, 15) is 5.11 Å². The molecule has 2 aromatic rings. The Hall–Kier alpha value is -1.40. The van der Waals surface area contributed by atoms with Crippen LogP contribution in [0.1, 0.15) is 43.1 Å². The summed E-state index contributed by atoms with van der Waals surface area (Å²) < 4.78 is 8.94. The van der Waals surface area contributed by atoms with Gasteiger partial charge >= 0.3 is 0 Å². The maximum Gasteiger partial charge on any atom is 0.171 e. The fourth-order valence-electron chi connectivity index (χ4n) is 2.60. The molecule has 5 nitrogen and oxygen atoms in total. The zero-order chi connectivity index (χ0) is 14.8. The number of aliphatic hydroxyl groups excluding tert-OH is 1. The molecule has 3 rings (SSSR count). The molecule has 2 heterocycles. The smallest absolute Gasteiger partial charge is 0.171 e. The van der Waals surface area contributed by atoms with Crippen LogP contribution in [0.4, 0.5) is 0 Å². The molecule has 21 heavy (non-hydrogen) atoms. The summed E-state index contributed by atoms with van der Waals surface area (Å²) in [5.74, 6) is 2.57. The maximum absolute atomic E-state index is 9.82. The zero-order valence-electron chi connectivity index (χ0n) is 11.9. The molecule has 0 aliphatic carbocycles. The Morgan fingerprint density at radius 1 is 1.38 bits per heavy atom. The van der Waals surface area contributed by atoms with E-state index in [-0.39, 0.29) is 0 Å². The highest BCUT2D eigenvalue weighted by atomic mass is 79.9. The van der Waals surface area contributed by atoms with Gasteiger partial charge in [0.25, 0.3) is 0 Å². The van der Waals surface area contributed by atoms with Crippen molar-refractivity contribution in [2.75, 3.05) is 0 Å². The van der Waals surface area contributed by atoms with E-state index in [0.717, 1.165) is 41.1 Å². The molecule has 1 aliphatic heterocycles. The molecule has 1 aromatic heterocycles. The van der Waals surface area contributed by atoms with E-state index in [1.165, 1.54) is 6.42 Å². The molecule has 1 aliphatic rings. The third kappa shape index (κ3) is 3.11. The van der Waals surface area contributed by atoms with Gasteiger partial charge in [-0.05, 0) is 31.9 Å². The first-order valence-electron chi connectivity index (χ1n) is 7.16. The van der Waals surface area contributed by atoms with Crippen LogP contribution in [0.5, 0.6) is 5.75 Å². The Morgan fingerprint density at radius 3 is 3.05 bits per heavy atom. The fraction of sp³-hybridized carbons (Fsp3) is 0.467. The van der Waals surface area contributed by atoms with Crippen molar-refractivity contribution in [3.63, 3.8) is 0 Å². The molecule has 6 heteroatoms. The van der Waals surface area contributed by atoms with E-state index in [4.69, 9.17) is 4.74 Å². The number of hydrogen-bond donors (Lipinski definition) is 1. The van der Waals surface area contributed by atoms with Crippen LogP contribution in [-0.2, 0) is 19.6 Å². The Balaban J connectivity index is 1.79. The molecule has 1 atom stereocenters. The van der Waals surface area contributed by atoms with Gasteiger partial charge in [-0.3, -0.25) is 0 Å².